The highest BCUT2D eigenvalue weighted by Gasteiger charge is 2.36. The van der Waals surface area contributed by atoms with Crippen molar-refractivity contribution < 1.29 is 9.21 Å². The predicted octanol–water partition coefficient (Wildman–Crippen LogP) is 6.50. The Morgan fingerprint density at radius 2 is 1.82 bits per heavy atom. The number of hydrogen-bond donors (Lipinski definition) is 1. The van der Waals surface area contributed by atoms with Crippen LogP contribution in [0.1, 0.15) is 59.6 Å². The Balaban J connectivity index is 1.49. The number of hydrogen-bond acceptors (Lipinski definition) is 3. The first-order chi connectivity index (χ1) is 18.5. The molecule has 7 nitrogen and oxygen atoms in total. The molecule has 38 heavy (non-hydrogen) atoms. The number of aromatic nitrogens is 3. The molecule has 0 saturated heterocycles. The smallest absolute Gasteiger partial charge is 0.318 e. The summed E-state index contributed by atoms with van der Waals surface area (Å²) in [5.74, 6) is 2.10. The molecular weight excluding hydrogens is 474 g/mol. The number of benzene rings is 2. The van der Waals surface area contributed by atoms with Crippen molar-refractivity contribution in [2.24, 2.45) is 0 Å². The van der Waals surface area contributed by atoms with E-state index in [1.54, 1.807) is 6.26 Å². The molecule has 3 aromatic heterocycles. The highest BCUT2D eigenvalue weighted by atomic mass is 16.3. The zero-order valence-corrected chi connectivity index (χ0v) is 21.8. The summed E-state index contributed by atoms with van der Waals surface area (Å²) in [5, 5.41) is 7.99. The first-order valence-electron chi connectivity index (χ1n) is 13.0. The third-order valence-corrected chi connectivity index (χ3v) is 7.26. The van der Waals surface area contributed by atoms with Crippen LogP contribution in [0.15, 0.2) is 95.7 Å². The fraction of sp³-hybridized carbons (Fsp3) is 0.226. The number of amides is 2. The summed E-state index contributed by atoms with van der Waals surface area (Å²) in [6.45, 7) is 7.12. The van der Waals surface area contributed by atoms with Crippen molar-refractivity contribution in [3.8, 4) is 11.5 Å². The van der Waals surface area contributed by atoms with Gasteiger partial charge in [-0.2, -0.15) is 5.10 Å². The fourth-order valence-corrected chi connectivity index (χ4v) is 5.24. The first-order valence-corrected chi connectivity index (χ1v) is 13.0. The average Bonchev–Trinajstić information content (AvgIpc) is 3.67. The molecule has 0 radical (unpaired) electrons. The van der Waals surface area contributed by atoms with E-state index in [-0.39, 0.29) is 12.1 Å². The number of nitrogens with zero attached hydrogens (tertiary/aromatic N) is 4. The van der Waals surface area contributed by atoms with E-state index < -0.39 is 0 Å². The zero-order valence-electron chi connectivity index (χ0n) is 21.8. The second kappa shape index (κ2) is 9.74. The Labute approximate surface area is 222 Å². The van der Waals surface area contributed by atoms with E-state index in [9.17, 15) is 4.79 Å². The Kier molecular flexibility index (Phi) is 6.12. The first kappa shape index (κ1) is 23.9. The summed E-state index contributed by atoms with van der Waals surface area (Å²) in [5.41, 5.74) is 6.22. The normalized spacial score (nSPS) is 14.7. The lowest BCUT2D eigenvalue weighted by Gasteiger charge is -2.31. The second-order valence-electron chi connectivity index (χ2n) is 10.0. The second-order valence-corrected chi connectivity index (χ2v) is 10.0. The molecule has 5 aromatic rings. The highest BCUT2D eigenvalue weighted by Crippen LogP contribution is 2.38. The molecule has 1 aliphatic heterocycles. The minimum atomic E-state index is -0.293. The summed E-state index contributed by atoms with van der Waals surface area (Å²) in [7, 11) is 0. The van der Waals surface area contributed by atoms with E-state index >= 15 is 0 Å². The molecule has 0 aliphatic carbocycles. The van der Waals surface area contributed by atoms with Crippen LogP contribution in [0.25, 0.3) is 11.5 Å². The summed E-state index contributed by atoms with van der Waals surface area (Å²) in [6, 6.07) is 26.1. The molecule has 2 amide bonds. The van der Waals surface area contributed by atoms with Crippen LogP contribution in [0.4, 0.5) is 4.79 Å². The van der Waals surface area contributed by atoms with Gasteiger partial charge in [0.1, 0.15) is 11.6 Å². The van der Waals surface area contributed by atoms with E-state index in [0.29, 0.717) is 24.8 Å². The number of para-hydroxylation sites is 1. The van der Waals surface area contributed by atoms with Gasteiger partial charge in [0.15, 0.2) is 0 Å². The molecule has 6 rings (SSSR count). The van der Waals surface area contributed by atoms with Crippen LogP contribution in [0, 0.1) is 6.92 Å². The molecule has 0 fully saturated rings. The largest absolute Gasteiger partial charge is 0.467 e. The molecule has 1 N–H and O–H groups in total. The predicted molar refractivity (Wildman–Crippen MR) is 146 cm³/mol. The van der Waals surface area contributed by atoms with Crippen LogP contribution in [-0.2, 0) is 13.1 Å². The van der Waals surface area contributed by atoms with Crippen molar-refractivity contribution in [2.45, 2.75) is 45.8 Å². The molecule has 0 bridgehead atoms. The van der Waals surface area contributed by atoms with E-state index in [0.717, 1.165) is 34.0 Å². The van der Waals surface area contributed by atoms with Crippen molar-refractivity contribution in [1.82, 2.24) is 24.6 Å². The zero-order chi connectivity index (χ0) is 26.2. The topological polar surface area (TPSA) is 68.2 Å². The van der Waals surface area contributed by atoms with Crippen molar-refractivity contribution in [3.63, 3.8) is 0 Å². The minimum absolute atomic E-state index is 0.160. The van der Waals surface area contributed by atoms with Gasteiger partial charge in [-0.05, 0) is 60.4 Å². The number of furan rings is 1. The van der Waals surface area contributed by atoms with Gasteiger partial charge in [-0.3, -0.25) is 0 Å². The lowest BCUT2D eigenvalue weighted by atomic mass is 9.97. The number of aryl methyl sites for hydroxylation is 1. The van der Waals surface area contributed by atoms with Crippen LogP contribution in [0.3, 0.4) is 0 Å². The van der Waals surface area contributed by atoms with Crippen LogP contribution in [0.5, 0.6) is 0 Å². The van der Waals surface area contributed by atoms with Crippen LogP contribution in [-0.4, -0.2) is 25.3 Å². The molecule has 1 unspecified atom stereocenters. The Bertz CT molecular complexity index is 1550. The number of urea groups is 1. The molecule has 1 atom stereocenters. The maximum Gasteiger partial charge on any atom is 0.318 e. The van der Waals surface area contributed by atoms with Crippen LogP contribution in [0.2, 0.25) is 0 Å². The molecule has 1 aliphatic rings. The molecule has 2 aromatic carbocycles. The van der Waals surface area contributed by atoms with Gasteiger partial charge in [-0.25, -0.2) is 9.48 Å². The SMILES string of the molecule is Cc1nn(-c2ccccc2)c2c1CN(C(=O)NCc1ccco1)C(c1ccc(C(C)C)cc1)c1cccn1-2. The van der Waals surface area contributed by atoms with E-state index in [1.165, 1.54) is 5.56 Å². The van der Waals surface area contributed by atoms with Crippen molar-refractivity contribution in [1.29, 1.82) is 0 Å². The third kappa shape index (κ3) is 4.20. The average molecular weight is 506 g/mol. The highest BCUT2D eigenvalue weighted by molar-refractivity contribution is 5.76. The number of carbonyl (C=O) groups excluding carboxylic acids is 1. The standard InChI is InChI=1S/C31H31N5O2/c1-21(2)23-13-15-24(16-14-23)29-28-12-7-17-34(28)30-27(22(3)33-36(30)25-9-5-4-6-10-25)20-35(29)31(37)32-19-26-11-8-18-38-26/h4-18,21,29H,19-20H2,1-3H3,(H,32,37). The summed E-state index contributed by atoms with van der Waals surface area (Å²) in [6.07, 6.45) is 3.68. The molecule has 4 heterocycles. The molecule has 0 saturated carbocycles. The van der Waals surface area contributed by atoms with E-state index in [2.05, 4.69) is 72.4 Å². The Morgan fingerprint density at radius 3 is 2.53 bits per heavy atom. The van der Waals surface area contributed by atoms with Crippen LogP contribution < -0.4 is 5.32 Å². The van der Waals surface area contributed by atoms with Gasteiger partial charge >= 0.3 is 6.03 Å². The fourth-order valence-electron chi connectivity index (χ4n) is 5.24. The molecule has 192 valence electrons. The molecule has 0 spiro atoms. The lowest BCUT2D eigenvalue weighted by molar-refractivity contribution is 0.179. The Hall–Kier alpha value is -4.52. The number of fused-ring (bicyclic) bond motifs is 3. The number of nitrogens with one attached hydrogen (secondary N) is 1. The quantitative estimate of drug-likeness (QED) is 0.296. The van der Waals surface area contributed by atoms with E-state index in [1.807, 2.05) is 52.9 Å². The van der Waals surface area contributed by atoms with Gasteiger partial charge in [-0.1, -0.05) is 56.3 Å². The molecule has 7 heteroatoms. The van der Waals surface area contributed by atoms with Gasteiger partial charge in [0.25, 0.3) is 0 Å². The van der Waals surface area contributed by atoms with Gasteiger partial charge in [-0.15, -0.1) is 0 Å². The lowest BCUT2D eigenvalue weighted by Crippen LogP contribution is -2.41. The summed E-state index contributed by atoms with van der Waals surface area (Å²) >= 11 is 0. The number of carbonyl (C=O) groups is 1. The molecular formula is C31H31N5O2. The summed E-state index contributed by atoms with van der Waals surface area (Å²) < 4.78 is 9.63. The maximum atomic E-state index is 13.9. The van der Waals surface area contributed by atoms with Gasteiger partial charge in [0.2, 0.25) is 0 Å². The third-order valence-electron chi connectivity index (χ3n) is 7.26. The van der Waals surface area contributed by atoms with Crippen LogP contribution >= 0.6 is 0 Å². The van der Waals surface area contributed by atoms with Gasteiger partial charge in [0, 0.05) is 11.8 Å². The number of rotatable bonds is 5. The van der Waals surface area contributed by atoms with Crippen molar-refractivity contribution in [2.75, 3.05) is 0 Å². The van der Waals surface area contributed by atoms with Crippen molar-refractivity contribution >= 4 is 6.03 Å². The maximum absolute atomic E-state index is 13.9. The van der Waals surface area contributed by atoms with Gasteiger partial charge < -0.3 is 19.2 Å². The summed E-state index contributed by atoms with van der Waals surface area (Å²) in [4.78, 5) is 15.8. The minimum Gasteiger partial charge on any atom is -0.467 e. The van der Waals surface area contributed by atoms with Gasteiger partial charge in [0.05, 0.1) is 42.5 Å². The van der Waals surface area contributed by atoms with Crippen molar-refractivity contribution in [3.05, 3.63) is 125 Å². The Morgan fingerprint density at radius 1 is 1.03 bits per heavy atom. The van der Waals surface area contributed by atoms with E-state index in [4.69, 9.17) is 9.52 Å². The monoisotopic (exact) mass is 505 g/mol.